The minimum atomic E-state index is 0.254. The molecule has 1 N–H and O–H groups in total. The van der Waals surface area contributed by atoms with Crippen molar-refractivity contribution >= 4 is 57.5 Å². The quantitative estimate of drug-likeness (QED) is 0.506. The number of hydrogen-bond acceptors (Lipinski definition) is 5. The molecule has 0 saturated carbocycles. The minimum absolute atomic E-state index is 0.254. The second-order valence-electron chi connectivity index (χ2n) is 5.52. The molecule has 3 aromatic heterocycles. The van der Waals surface area contributed by atoms with Crippen molar-refractivity contribution in [1.82, 2.24) is 24.7 Å². The maximum absolute atomic E-state index is 6.29. The lowest BCUT2D eigenvalue weighted by atomic mass is 10.3. The normalized spacial score (nSPS) is 11.1. The molecule has 0 amide bonds. The molecule has 0 unspecified atom stereocenters. The van der Waals surface area contributed by atoms with E-state index in [0.717, 1.165) is 16.7 Å². The molecule has 0 aliphatic carbocycles. The van der Waals surface area contributed by atoms with E-state index in [2.05, 4.69) is 25.4 Å². The van der Waals surface area contributed by atoms with Gasteiger partial charge in [-0.2, -0.15) is 9.78 Å². The lowest BCUT2D eigenvalue weighted by molar-refractivity contribution is 0.839. The molecule has 0 aliphatic heterocycles. The van der Waals surface area contributed by atoms with Gasteiger partial charge in [0.2, 0.25) is 0 Å². The number of anilines is 2. The van der Waals surface area contributed by atoms with E-state index in [9.17, 15) is 0 Å². The second kappa shape index (κ2) is 6.72. The van der Waals surface area contributed by atoms with Crippen LogP contribution in [0.3, 0.4) is 0 Å². The van der Waals surface area contributed by atoms with Crippen molar-refractivity contribution in [3.05, 3.63) is 63.5 Å². The van der Waals surface area contributed by atoms with E-state index in [0.29, 0.717) is 27.5 Å². The Morgan fingerprint density at radius 2 is 1.73 bits per heavy atom. The number of rotatable bonds is 3. The summed E-state index contributed by atoms with van der Waals surface area (Å²) in [4.78, 5) is 13.2. The first-order chi connectivity index (χ1) is 12.5. The van der Waals surface area contributed by atoms with Crippen LogP contribution in [0, 0.1) is 6.92 Å². The van der Waals surface area contributed by atoms with Gasteiger partial charge in [-0.3, -0.25) is 0 Å². The Bertz CT molecular complexity index is 1120. The summed E-state index contributed by atoms with van der Waals surface area (Å²) in [6, 6.07) is 10.9. The molecule has 0 atom stereocenters. The predicted molar refractivity (Wildman–Crippen MR) is 104 cm³/mol. The Morgan fingerprint density at radius 3 is 2.46 bits per heavy atom. The van der Waals surface area contributed by atoms with E-state index in [1.807, 2.05) is 37.3 Å². The number of nitrogens with zero attached hydrogens (tertiary/aromatic N) is 5. The van der Waals surface area contributed by atoms with Crippen LogP contribution in [0.2, 0.25) is 15.2 Å². The van der Waals surface area contributed by atoms with Crippen LogP contribution in [0.4, 0.5) is 11.6 Å². The number of hydrogen-bond donors (Lipinski definition) is 1. The van der Waals surface area contributed by atoms with E-state index in [4.69, 9.17) is 34.8 Å². The summed E-state index contributed by atoms with van der Waals surface area (Å²) in [5.41, 5.74) is 2.21. The maximum atomic E-state index is 6.29. The van der Waals surface area contributed by atoms with Gasteiger partial charge in [0.15, 0.2) is 16.8 Å². The molecule has 0 bridgehead atoms. The maximum Gasteiger partial charge on any atom is 0.174 e. The molecular formula is C17H11Cl3N6. The highest BCUT2D eigenvalue weighted by molar-refractivity contribution is 6.35. The molecule has 3 heterocycles. The molecule has 0 saturated heterocycles. The van der Waals surface area contributed by atoms with Gasteiger partial charge in [0.05, 0.1) is 26.8 Å². The molecule has 4 rings (SSSR count). The van der Waals surface area contributed by atoms with Gasteiger partial charge in [-0.05, 0) is 25.1 Å². The highest BCUT2D eigenvalue weighted by Crippen LogP contribution is 2.28. The SMILES string of the molecule is Cc1cc(Nc2nc3ccccc3nc2Cl)n(-c2ncc(Cl)cc2Cl)n1. The molecule has 0 fully saturated rings. The Labute approximate surface area is 163 Å². The Kier molecular flexibility index (Phi) is 4.40. The molecule has 6 nitrogen and oxygen atoms in total. The summed E-state index contributed by atoms with van der Waals surface area (Å²) in [6.45, 7) is 1.86. The van der Waals surface area contributed by atoms with Crippen LogP contribution in [0.25, 0.3) is 16.9 Å². The van der Waals surface area contributed by atoms with E-state index in [1.165, 1.54) is 6.20 Å². The highest BCUT2D eigenvalue weighted by atomic mass is 35.5. The van der Waals surface area contributed by atoms with Gasteiger partial charge >= 0.3 is 0 Å². The predicted octanol–water partition coefficient (Wildman–Crippen LogP) is 5.22. The van der Waals surface area contributed by atoms with Gasteiger partial charge in [0.25, 0.3) is 0 Å². The van der Waals surface area contributed by atoms with Gasteiger partial charge in [-0.15, -0.1) is 0 Å². The fourth-order valence-electron chi connectivity index (χ4n) is 2.49. The van der Waals surface area contributed by atoms with Crippen LogP contribution in [-0.4, -0.2) is 24.7 Å². The van der Waals surface area contributed by atoms with E-state index < -0.39 is 0 Å². The third-order valence-electron chi connectivity index (χ3n) is 3.60. The topological polar surface area (TPSA) is 68.5 Å². The fourth-order valence-corrected chi connectivity index (χ4v) is 3.13. The Hall–Kier alpha value is -2.41. The number of fused-ring (bicyclic) bond motifs is 1. The molecule has 1 aromatic carbocycles. The van der Waals surface area contributed by atoms with Gasteiger partial charge in [-0.1, -0.05) is 46.9 Å². The van der Waals surface area contributed by atoms with Crippen molar-refractivity contribution in [2.45, 2.75) is 6.92 Å². The Balaban J connectivity index is 1.79. The number of aryl methyl sites for hydroxylation is 1. The summed E-state index contributed by atoms with van der Waals surface area (Å²) >= 11 is 18.5. The number of nitrogens with one attached hydrogen (secondary N) is 1. The number of para-hydroxylation sites is 2. The second-order valence-corrected chi connectivity index (χ2v) is 6.72. The molecule has 26 heavy (non-hydrogen) atoms. The molecule has 130 valence electrons. The molecule has 0 aliphatic rings. The van der Waals surface area contributed by atoms with Crippen LogP contribution >= 0.6 is 34.8 Å². The average molecular weight is 406 g/mol. The lowest BCUT2D eigenvalue weighted by Gasteiger charge is -2.11. The van der Waals surface area contributed by atoms with Crippen molar-refractivity contribution < 1.29 is 0 Å². The third-order valence-corrected chi connectivity index (χ3v) is 4.34. The van der Waals surface area contributed by atoms with Crippen LogP contribution in [0.5, 0.6) is 0 Å². The van der Waals surface area contributed by atoms with E-state index in [-0.39, 0.29) is 5.15 Å². The van der Waals surface area contributed by atoms with Crippen molar-refractivity contribution in [3.63, 3.8) is 0 Å². The zero-order valence-electron chi connectivity index (χ0n) is 13.4. The lowest BCUT2D eigenvalue weighted by Crippen LogP contribution is -2.07. The van der Waals surface area contributed by atoms with Crippen LogP contribution in [0.1, 0.15) is 5.69 Å². The first-order valence-electron chi connectivity index (χ1n) is 7.58. The first-order valence-corrected chi connectivity index (χ1v) is 8.72. The van der Waals surface area contributed by atoms with Crippen LogP contribution in [0.15, 0.2) is 42.6 Å². The number of benzene rings is 1. The third kappa shape index (κ3) is 3.19. The summed E-state index contributed by atoms with van der Waals surface area (Å²) in [7, 11) is 0. The highest BCUT2D eigenvalue weighted by Gasteiger charge is 2.15. The van der Waals surface area contributed by atoms with Crippen LogP contribution < -0.4 is 5.32 Å². The van der Waals surface area contributed by atoms with Crippen molar-refractivity contribution in [3.8, 4) is 5.82 Å². The van der Waals surface area contributed by atoms with Crippen molar-refractivity contribution in [2.24, 2.45) is 0 Å². The first kappa shape index (κ1) is 17.0. The van der Waals surface area contributed by atoms with Crippen molar-refractivity contribution in [1.29, 1.82) is 0 Å². The van der Waals surface area contributed by atoms with Crippen LogP contribution in [-0.2, 0) is 0 Å². The van der Waals surface area contributed by atoms with Crippen molar-refractivity contribution in [2.75, 3.05) is 5.32 Å². The summed E-state index contributed by atoms with van der Waals surface area (Å²) in [5, 5.41) is 8.66. The largest absolute Gasteiger partial charge is 0.322 e. The molecule has 4 aromatic rings. The fraction of sp³-hybridized carbons (Fsp3) is 0.0588. The monoisotopic (exact) mass is 404 g/mol. The van der Waals surface area contributed by atoms with Gasteiger partial charge < -0.3 is 5.32 Å². The molecule has 0 spiro atoms. The van der Waals surface area contributed by atoms with Gasteiger partial charge in [-0.25, -0.2) is 15.0 Å². The standard InChI is InChI=1S/C17H11Cl3N6/c1-9-6-14(26(25-9)17-11(19)7-10(18)8-21-17)24-16-15(20)22-12-4-2-3-5-13(12)23-16/h2-8H,1H3,(H,23,24). The number of halogens is 3. The number of aromatic nitrogens is 5. The number of pyridine rings is 1. The molecule has 9 heteroatoms. The Morgan fingerprint density at radius 1 is 1.00 bits per heavy atom. The minimum Gasteiger partial charge on any atom is -0.322 e. The average Bonchev–Trinajstić information content (AvgIpc) is 2.95. The zero-order valence-corrected chi connectivity index (χ0v) is 15.7. The van der Waals surface area contributed by atoms with E-state index >= 15 is 0 Å². The summed E-state index contributed by atoms with van der Waals surface area (Å²) in [6.07, 6.45) is 1.51. The molecular weight excluding hydrogens is 395 g/mol. The van der Waals surface area contributed by atoms with Gasteiger partial charge in [0, 0.05) is 12.3 Å². The summed E-state index contributed by atoms with van der Waals surface area (Å²) < 4.78 is 1.57. The smallest absolute Gasteiger partial charge is 0.174 e. The summed E-state index contributed by atoms with van der Waals surface area (Å²) in [5.74, 6) is 1.46. The molecule has 0 radical (unpaired) electrons. The zero-order chi connectivity index (χ0) is 18.3. The van der Waals surface area contributed by atoms with Gasteiger partial charge in [0.1, 0.15) is 5.82 Å². The van der Waals surface area contributed by atoms with E-state index in [1.54, 1.807) is 10.7 Å².